The van der Waals surface area contributed by atoms with Crippen molar-refractivity contribution < 1.29 is 19.1 Å². The summed E-state index contributed by atoms with van der Waals surface area (Å²) in [5, 5.41) is 2.34. The molecular weight excluding hydrogens is 234 g/mol. The van der Waals surface area contributed by atoms with E-state index in [1.54, 1.807) is 19.2 Å². The number of para-hydroxylation sites is 1. The van der Waals surface area contributed by atoms with Crippen molar-refractivity contribution in [2.24, 2.45) is 0 Å². The largest absolute Gasteiger partial charge is 0.493 e. The van der Waals surface area contributed by atoms with Crippen LogP contribution in [0.1, 0.15) is 24.3 Å². The molecule has 1 aromatic rings. The lowest BCUT2D eigenvalue weighted by Gasteiger charge is -2.23. The maximum Gasteiger partial charge on any atom is 0.234 e. The summed E-state index contributed by atoms with van der Waals surface area (Å²) < 4.78 is 10.5. The van der Waals surface area contributed by atoms with Gasteiger partial charge in [0, 0.05) is 12.0 Å². The van der Waals surface area contributed by atoms with Crippen LogP contribution in [0.15, 0.2) is 18.2 Å². The molecule has 1 saturated heterocycles. The van der Waals surface area contributed by atoms with Gasteiger partial charge in [0.15, 0.2) is 11.5 Å². The molecule has 2 amide bonds. The molecule has 0 bridgehead atoms. The topological polar surface area (TPSA) is 64.6 Å². The molecule has 0 spiro atoms. The summed E-state index contributed by atoms with van der Waals surface area (Å²) in [5.41, 5.74) is 0.752. The van der Waals surface area contributed by atoms with E-state index in [1.807, 2.05) is 6.07 Å². The molecule has 1 fully saturated rings. The molecule has 0 aromatic heterocycles. The lowest BCUT2D eigenvalue weighted by Crippen LogP contribution is -2.39. The fraction of sp³-hybridized carbons (Fsp3) is 0.385. The van der Waals surface area contributed by atoms with Crippen molar-refractivity contribution in [3.05, 3.63) is 23.8 Å². The molecule has 5 nitrogen and oxygen atoms in total. The molecule has 1 aliphatic heterocycles. The second-order valence-corrected chi connectivity index (χ2v) is 4.09. The predicted molar refractivity (Wildman–Crippen MR) is 64.7 cm³/mol. The van der Waals surface area contributed by atoms with E-state index < -0.39 is 0 Å². The molecule has 96 valence electrons. The van der Waals surface area contributed by atoms with Crippen molar-refractivity contribution in [3.8, 4) is 11.5 Å². The highest BCUT2D eigenvalue weighted by Gasteiger charge is 2.30. The molecule has 0 radical (unpaired) electrons. The Balaban J connectivity index is 2.38. The van der Waals surface area contributed by atoms with Gasteiger partial charge in [-0.1, -0.05) is 12.1 Å². The Bertz CT molecular complexity index is 484. The van der Waals surface area contributed by atoms with Crippen LogP contribution in [-0.2, 0) is 9.59 Å². The first-order valence-corrected chi connectivity index (χ1v) is 5.72. The van der Waals surface area contributed by atoms with Crippen LogP contribution in [0.5, 0.6) is 11.5 Å². The van der Waals surface area contributed by atoms with Gasteiger partial charge in [-0.05, 0) is 12.5 Å². The molecule has 5 heteroatoms. The molecule has 1 atom stereocenters. The second kappa shape index (κ2) is 5.08. The molecule has 0 saturated carbocycles. The summed E-state index contributed by atoms with van der Waals surface area (Å²) in [6.07, 6.45) is 0.838. The Labute approximate surface area is 105 Å². The number of hydrogen-bond acceptors (Lipinski definition) is 4. The van der Waals surface area contributed by atoms with Crippen LogP contribution in [0.25, 0.3) is 0 Å². The first-order valence-electron chi connectivity index (χ1n) is 5.72. The molecule has 1 N–H and O–H groups in total. The van der Waals surface area contributed by atoms with Crippen LogP contribution in [0, 0.1) is 0 Å². The number of benzene rings is 1. The van der Waals surface area contributed by atoms with Crippen LogP contribution in [0.4, 0.5) is 0 Å². The number of methoxy groups -OCH3 is 2. The summed E-state index contributed by atoms with van der Waals surface area (Å²) in [4.78, 5) is 23.0. The van der Waals surface area contributed by atoms with Crippen LogP contribution in [0.2, 0.25) is 0 Å². The first-order chi connectivity index (χ1) is 8.67. The number of ether oxygens (including phenoxy) is 2. The quantitative estimate of drug-likeness (QED) is 0.818. The van der Waals surface area contributed by atoms with Crippen molar-refractivity contribution in [2.45, 2.75) is 18.8 Å². The van der Waals surface area contributed by atoms with Crippen molar-refractivity contribution >= 4 is 11.8 Å². The van der Waals surface area contributed by atoms with Crippen molar-refractivity contribution in [3.63, 3.8) is 0 Å². The lowest BCUT2D eigenvalue weighted by atomic mass is 9.89. The average Bonchev–Trinajstić information content (AvgIpc) is 2.37. The summed E-state index contributed by atoms with van der Waals surface area (Å²) in [7, 11) is 3.08. The van der Waals surface area contributed by atoms with E-state index in [2.05, 4.69) is 5.32 Å². The Kier molecular flexibility index (Phi) is 3.50. The van der Waals surface area contributed by atoms with E-state index >= 15 is 0 Å². The van der Waals surface area contributed by atoms with Crippen LogP contribution < -0.4 is 14.8 Å². The SMILES string of the molecule is COc1cccc(C2CCC(=O)NC2=O)c1OC. The third-order valence-corrected chi connectivity index (χ3v) is 3.05. The zero-order valence-corrected chi connectivity index (χ0v) is 10.4. The standard InChI is InChI=1S/C13H15NO4/c1-17-10-5-3-4-8(12(10)18-2)9-6-7-11(15)14-13(9)16/h3-5,9H,6-7H2,1-2H3,(H,14,15,16). The molecule has 18 heavy (non-hydrogen) atoms. The van der Waals surface area contributed by atoms with E-state index in [-0.39, 0.29) is 17.7 Å². The second-order valence-electron chi connectivity index (χ2n) is 4.09. The summed E-state index contributed by atoms with van der Waals surface area (Å²) in [5.74, 6) is 0.262. The molecule has 1 unspecified atom stereocenters. The lowest BCUT2D eigenvalue weighted by molar-refractivity contribution is -0.134. The molecule has 1 aromatic carbocycles. The highest BCUT2D eigenvalue weighted by Crippen LogP contribution is 2.38. The van der Waals surface area contributed by atoms with Gasteiger partial charge in [0.05, 0.1) is 20.1 Å². The molecular formula is C13H15NO4. The monoisotopic (exact) mass is 249 g/mol. The summed E-state index contributed by atoms with van der Waals surface area (Å²) >= 11 is 0. The van der Waals surface area contributed by atoms with E-state index in [1.165, 1.54) is 7.11 Å². The fourth-order valence-electron chi connectivity index (χ4n) is 2.18. The fourth-order valence-corrected chi connectivity index (χ4v) is 2.18. The van der Waals surface area contributed by atoms with Gasteiger partial charge in [-0.25, -0.2) is 0 Å². The first kappa shape index (κ1) is 12.4. The van der Waals surface area contributed by atoms with Crippen molar-refractivity contribution in [2.75, 3.05) is 14.2 Å². The van der Waals surface area contributed by atoms with Crippen molar-refractivity contribution in [1.29, 1.82) is 0 Å². The third-order valence-electron chi connectivity index (χ3n) is 3.05. The molecule has 0 aliphatic carbocycles. The van der Waals surface area contributed by atoms with Gasteiger partial charge in [-0.2, -0.15) is 0 Å². The summed E-state index contributed by atoms with van der Waals surface area (Å²) in [6, 6.07) is 5.40. The van der Waals surface area contributed by atoms with E-state index in [4.69, 9.17) is 9.47 Å². The number of carbonyl (C=O) groups is 2. The minimum atomic E-state index is -0.368. The third kappa shape index (κ3) is 2.16. The smallest absolute Gasteiger partial charge is 0.234 e. The van der Waals surface area contributed by atoms with Crippen LogP contribution in [0.3, 0.4) is 0 Å². The molecule has 2 rings (SSSR count). The number of carbonyl (C=O) groups excluding carboxylic acids is 2. The van der Waals surface area contributed by atoms with Gasteiger partial charge in [-0.15, -0.1) is 0 Å². The highest BCUT2D eigenvalue weighted by atomic mass is 16.5. The highest BCUT2D eigenvalue weighted by molar-refractivity contribution is 6.01. The minimum Gasteiger partial charge on any atom is -0.493 e. The molecule has 1 heterocycles. The van der Waals surface area contributed by atoms with E-state index in [0.717, 1.165) is 5.56 Å². The van der Waals surface area contributed by atoms with Gasteiger partial charge >= 0.3 is 0 Å². The average molecular weight is 249 g/mol. The van der Waals surface area contributed by atoms with E-state index in [9.17, 15) is 9.59 Å². The van der Waals surface area contributed by atoms with Gasteiger partial charge in [0.2, 0.25) is 11.8 Å². The predicted octanol–water partition coefficient (Wildman–Crippen LogP) is 1.22. The Morgan fingerprint density at radius 2 is 2.00 bits per heavy atom. The molecule has 1 aliphatic rings. The van der Waals surface area contributed by atoms with Crippen LogP contribution >= 0.6 is 0 Å². The zero-order chi connectivity index (χ0) is 13.1. The Morgan fingerprint density at radius 3 is 2.61 bits per heavy atom. The Morgan fingerprint density at radius 1 is 1.22 bits per heavy atom. The van der Waals surface area contributed by atoms with Gasteiger partial charge in [-0.3, -0.25) is 14.9 Å². The number of hydrogen-bond donors (Lipinski definition) is 1. The summed E-state index contributed by atoms with van der Waals surface area (Å²) in [6.45, 7) is 0. The van der Waals surface area contributed by atoms with Gasteiger partial charge < -0.3 is 9.47 Å². The number of amides is 2. The maximum absolute atomic E-state index is 11.8. The minimum absolute atomic E-state index is 0.224. The number of piperidine rings is 1. The maximum atomic E-state index is 11.8. The van der Waals surface area contributed by atoms with Gasteiger partial charge in [0.25, 0.3) is 0 Å². The Hall–Kier alpha value is -2.04. The zero-order valence-electron chi connectivity index (χ0n) is 10.4. The van der Waals surface area contributed by atoms with Crippen molar-refractivity contribution in [1.82, 2.24) is 5.32 Å². The van der Waals surface area contributed by atoms with Crippen LogP contribution in [-0.4, -0.2) is 26.0 Å². The number of rotatable bonds is 3. The van der Waals surface area contributed by atoms with E-state index in [0.29, 0.717) is 24.3 Å². The normalized spacial score (nSPS) is 19.3. The number of nitrogens with one attached hydrogen (secondary N) is 1. The number of imide groups is 1. The van der Waals surface area contributed by atoms with Gasteiger partial charge in [0.1, 0.15) is 0 Å².